The van der Waals surface area contributed by atoms with Crippen molar-refractivity contribution in [2.45, 2.75) is 50.2 Å². The van der Waals surface area contributed by atoms with Gasteiger partial charge in [-0.15, -0.1) is 0 Å². The number of aliphatic hydroxyl groups is 1. The van der Waals surface area contributed by atoms with Gasteiger partial charge in [0.2, 0.25) is 5.95 Å². The van der Waals surface area contributed by atoms with Crippen molar-refractivity contribution in [2.24, 2.45) is 10.8 Å². The molecule has 10 heteroatoms. The lowest BCUT2D eigenvalue weighted by Crippen LogP contribution is -2.69. The third kappa shape index (κ3) is 3.90. The second kappa shape index (κ2) is 8.53. The zero-order chi connectivity index (χ0) is 25.3. The standard InChI is InChI=1S/C27H33ClN6O3/c1-36-16-26-13-27(14-26,15-26)34-11-19(10-30-34)31-24-29-9-18-6-21(28)23(7-22(18)32-24)33-4-2-25(3-5-33)8-20(12-35)37-17-25/h6-7,9-11,20,35H,2-5,8,12-17H2,1H3,(H,29,31,32). The lowest BCUT2D eigenvalue weighted by atomic mass is 9.39. The summed E-state index contributed by atoms with van der Waals surface area (Å²) in [5.74, 6) is 0.546. The highest BCUT2D eigenvalue weighted by molar-refractivity contribution is 6.34. The number of aromatic nitrogens is 4. The predicted molar refractivity (Wildman–Crippen MR) is 142 cm³/mol. The Balaban J connectivity index is 1.05. The van der Waals surface area contributed by atoms with E-state index in [9.17, 15) is 5.11 Å². The normalized spacial score (nSPS) is 29.9. The van der Waals surface area contributed by atoms with Crippen LogP contribution in [-0.2, 0) is 15.0 Å². The molecule has 2 N–H and O–H groups in total. The molecule has 5 aliphatic rings. The number of methoxy groups -OCH3 is 1. The number of hydrogen-bond acceptors (Lipinski definition) is 8. The van der Waals surface area contributed by atoms with Crippen molar-refractivity contribution in [3.8, 4) is 0 Å². The van der Waals surface area contributed by atoms with Gasteiger partial charge in [0, 0.05) is 43.4 Å². The first-order chi connectivity index (χ1) is 17.9. The molecule has 1 unspecified atom stereocenters. The Morgan fingerprint density at radius 1 is 1.22 bits per heavy atom. The molecule has 2 saturated heterocycles. The number of anilines is 3. The quantitative estimate of drug-likeness (QED) is 0.476. The molecule has 2 bridgehead atoms. The van der Waals surface area contributed by atoms with E-state index in [4.69, 9.17) is 26.1 Å². The molecule has 1 aromatic carbocycles. The summed E-state index contributed by atoms with van der Waals surface area (Å²) in [7, 11) is 1.78. The van der Waals surface area contributed by atoms with Gasteiger partial charge in [0.15, 0.2) is 0 Å². The van der Waals surface area contributed by atoms with Crippen LogP contribution in [-0.4, -0.2) is 71.0 Å². The molecule has 3 aliphatic carbocycles. The Hall–Kier alpha value is -2.46. The summed E-state index contributed by atoms with van der Waals surface area (Å²) >= 11 is 6.71. The minimum absolute atomic E-state index is 0.0168. The van der Waals surface area contributed by atoms with E-state index in [0.717, 1.165) is 92.1 Å². The molecule has 0 radical (unpaired) electrons. The SMILES string of the molecule is COCC12CC(n3cc(Nc4ncc5cc(Cl)c(N6CCC7(CC6)COC(CO)C7)cc5n4)cn3)(C1)C2. The van der Waals surface area contributed by atoms with Gasteiger partial charge in [-0.2, -0.15) is 5.10 Å². The van der Waals surface area contributed by atoms with Crippen LogP contribution in [0, 0.1) is 10.8 Å². The van der Waals surface area contributed by atoms with Crippen molar-refractivity contribution < 1.29 is 14.6 Å². The van der Waals surface area contributed by atoms with E-state index in [2.05, 4.69) is 37.2 Å². The number of fused-ring (bicyclic) bond motifs is 1. The third-order valence-electron chi connectivity index (χ3n) is 9.19. The lowest BCUT2D eigenvalue weighted by molar-refractivity contribution is -0.217. The van der Waals surface area contributed by atoms with Gasteiger partial charge in [0.25, 0.3) is 0 Å². The first kappa shape index (κ1) is 23.6. The first-order valence-electron chi connectivity index (χ1n) is 13.2. The largest absolute Gasteiger partial charge is 0.394 e. The van der Waals surface area contributed by atoms with Crippen molar-refractivity contribution in [3.05, 3.63) is 35.7 Å². The molecule has 3 aromatic rings. The summed E-state index contributed by atoms with van der Waals surface area (Å²) in [4.78, 5) is 11.7. The summed E-state index contributed by atoms with van der Waals surface area (Å²) in [6.45, 7) is 3.51. The Morgan fingerprint density at radius 3 is 2.76 bits per heavy atom. The fraction of sp³-hybridized carbons (Fsp3) is 0.593. The van der Waals surface area contributed by atoms with Gasteiger partial charge in [-0.1, -0.05) is 11.6 Å². The van der Waals surface area contributed by atoms with Gasteiger partial charge in [0.1, 0.15) is 0 Å². The Labute approximate surface area is 221 Å². The highest BCUT2D eigenvalue weighted by Crippen LogP contribution is 2.71. The van der Waals surface area contributed by atoms with Crippen LogP contribution in [0.15, 0.2) is 30.7 Å². The van der Waals surface area contributed by atoms with Crippen LogP contribution < -0.4 is 10.2 Å². The maximum Gasteiger partial charge on any atom is 0.227 e. The zero-order valence-electron chi connectivity index (χ0n) is 21.1. The van der Waals surface area contributed by atoms with Crippen molar-refractivity contribution in [1.82, 2.24) is 19.7 Å². The molecule has 1 spiro atoms. The summed E-state index contributed by atoms with van der Waals surface area (Å²) in [5.41, 5.74) is 3.46. The summed E-state index contributed by atoms with van der Waals surface area (Å²) in [6.07, 6.45) is 12.1. The van der Waals surface area contributed by atoms with E-state index < -0.39 is 0 Å². The smallest absolute Gasteiger partial charge is 0.227 e. The number of nitrogens with zero attached hydrogens (tertiary/aromatic N) is 5. The van der Waals surface area contributed by atoms with Crippen LogP contribution in [0.4, 0.5) is 17.3 Å². The van der Waals surface area contributed by atoms with Gasteiger partial charge in [-0.05, 0) is 56.1 Å². The van der Waals surface area contributed by atoms with Crippen LogP contribution in [0.25, 0.3) is 10.9 Å². The minimum Gasteiger partial charge on any atom is -0.394 e. The Morgan fingerprint density at radius 2 is 2.03 bits per heavy atom. The molecule has 8 rings (SSSR count). The highest BCUT2D eigenvalue weighted by Gasteiger charge is 2.69. The topological polar surface area (TPSA) is 97.6 Å². The second-order valence-electron chi connectivity index (χ2n) is 11.8. The Bertz CT molecular complexity index is 1320. The number of halogens is 1. The lowest BCUT2D eigenvalue weighted by Gasteiger charge is -2.70. The van der Waals surface area contributed by atoms with Crippen molar-refractivity contribution >= 4 is 39.8 Å². The van der Waals surface area contributed by atoms with Gasteiger partial charge in [0.05, 0.1) is 59.6 Å². The molecule has 1 atom stereocenters. The predicted octanol–water partition coefficient (Wildman–Crippen LogP) is 4.12. The van der Waals surface area contributed by atoms with E-state index in [1.165, 1.54) is 0 Å². The van der Waals surface area contributed by atoms with Crippen LogP contribution in [0.5, 0.6) is 0 Å². The van der Waals surface area contributed by atoms with E-state index >= 15 is 0 Å². The molecule has 5 fully saturated rings. The number of rotatable bonds is 7. The first-order valence-corrected chi connectivity index (χ1v) is 13.6. The van der Waals surface area contributed by atoms with Gasteiger partial charge in [-0.25, -0.2) is 9.97 Å². The Kier molecular flexibility index (Phi) is 5.45. The summed E-state index contributed by atoms with van der Waals surface area (Å²) in [5, 5.41) is 19.1. The molecule has 196 valence electrons. The number of piperidine rings is 1. The molecule has 37 heavy (non-hydrogen) atoms. The maximum atomic E-state index is 9.46. The second-order valence-corrected chi connectivity index (χ2v) is 12.3. The van der Waals surface area contributed by atoms with Gasteiger partial charge < -0.3 is 24.8 Å². The van der Waals surface area contributed by atoms with Crippen LogP contribution in [0.3, 0.4) is 0 Å². The molecule has 2 aromatic heterocycles. The van der Waals surface area contributed by atoms with Crippen LogP contribution >= 0.6 is 11.6 Å². The molecule has 0 amide bonds. The molecular formula is C27H33ClN6O3. The number of ether oxygens (including phenoxy) is 2. The van der Waals surface area contributed by atoms with E-state index in [1.807, 2.05) is 18.5 Å². The maximum absolute atomic E-state index is 9.46. The van der Waals surface area contributed by atoms with E-state index in [0.29, 0.717) is 11.4 Å². The average Bonchev–Trinajstić information content (AvgIpc) is 3.48. The van der Waals surface area contributed by atoms with Crippen molar-refractivity contribution in [3.63, 3.8) is 0 Å². The van der Waals surface area contributed by atoms with Gasteiger partial charge >= 0.3 is 0 Å². The van der Waals surface area contributed by atoms with Crippen LogP contribution in [0.1, 0.15) is 38.5 Å². The molecule has 9 nitrogen and oxygen atoms in total. The molecular weight excluding hydrogens is 492 g/mol. The van der Waals surface area contributed by atoms with Crippen molar-refractivity contribution in [1.29, 1.82) is 0 Å². The number of nitrogens with one attached hydrogen (secondary N) is 1. The average molecular weight is 525 g/mol. The highest BCUT2D eigenvalue weighted by atomic mass is 35.5. The van der Waals surface area contributed by atoms with Crippen molar-refractivity contribution in [2.75, 3.05) is 50.2 Å². The fourth-order valence-corrected chi connectivity index (χ4v) is 7.63. The minimum atomic E-state index is -0.0168. The van der Waals surface area contributed by atoms with E-state index in [-0.39, 0.29) is 23.7 Å². The summed E-state index contributed by atoms with van der Waals surface area (Å²) in [6, 6.07) is 4.03. The fourth-order valence-electron chi connectivity index (χ4n) is 7.34. The zero-order valence-corrected chi connectivity index (χ0v) is 21.9. The third-order valence-corrected chi connectivity index (χ3v) is 9.49. The molecule has 4 heterocycles. The number of benzene rings is 1. The monoisotopic (exact) mass is 524 g/mol. The molecule has 2 aliphatic heterocycles. The van der Waals surface area contributed by atoms with E-state index in [1.54, 1.807) is 7.11 Å². The van der Waals surface area contributed by atoms with Crippen LogP contribution in [0.2, 0.25) is 5.02 Å². The molecule has 3 saturated carbocycles. The summed E-state index contributed by atoms with van der Waals surface area (Å²) < 4.78 is 13.3. The number of aliphatic hydroxyl groups excluding tert-OH is 1. The number of hydrogen-bond donors (Lipinski definition) is 2. The van der Waals surface area contributed by atoms with Gasteiger partial charge in [-0.3, -0.25) is 4.68 Å².